The monoisotopic (exact) mass is 230 g/mol. The molecule has 1 spiro atoms. The maximum atomic E-state index is 11.2. The molecule has 4 aliphatic rings. The van der Waals surface area contributed by atoms with Crippen molar-refractivity contribution in [2.45, 2.75) is 48.8 Å². The topological polar surface area (TPSA) is 40.1 Å². The normalized spacial score (nSPS) is 58.4. The highest BCUT2D eigenvalue weighted by Gasteiger charge is 2.87. The highest BCUT2D eigenvalue weighted by atomic mass is 32.2. The number of fused-ring (bicyclic) bond motifs is 1. The zero-order valence-electron chi connectivity index (χ0n) is 8.74. The maximum Gasteiger partial charge on any atom is 0.313 e. The molecule has 1 aliphatic heterocycles. The van der Waals surface area contributed by atoms with E-state index in [2.05, 4.69) is 20.8 Å². The Morgan fingerprint density at radius 2 is 2.07 bits per heavy atom. The van der Waals surface area contributed by atoms with E-state index in [1.807, 2.05) is 11.8 Å². The van der Waals surface area contributed by atoms with Gasteiger partial charge in [-0.1, -0.05) is 18.4 Å². The van der Waals surface area contributed by atoms with E-state index in [0.717, 1.165) is 6.42 Å². The molecule has 78 valence electrons. The third-order valence-corrected chi connectivity index (χ3v) is 8.87. The molecule has 4 rings (SSSR count). The van der Waals surface area contributed by atoms with Crippen LogP contribution < -0.4 is 4.89 Å². The van der Waals surface area contributed by atoms with E-state index < -0.39 is 8.03 Å². The lowest BCUT2D eigenvalue weighted by Crippen LogP contribution is -2.63. The van der Waals surface area contributed by atoms with Gasteiger partial charge in [0.1, 0.15) is 0 Å². The fraction of sp³-hybridized carbons (Fsp3) is 1.00. The smallest absolute Gasteiger partial charge is 0.313 e. The molecule has 5 unspecified atom stereocenters. The van der Waals surface area contributed by atoms with Gasteiger partial charge in [0.05, 0.1) is 4.75 Å². The molecule has 0 N–H and O–H groups in total. The summed E-state index contributed by atoms with van der Waals surface area (Å²) in [5.74, 6) is 0.642. The van der Waals surface area contributed by atoms with E-state index in [0.29, 0.717) is 16.1 Å². The largest absolute Gasteiger partial charge is 0.595 e. The first kappa shape index (κ1) is 9.62. The first-order valence-corrected chi connectivity index (χ1v) is 7.25. The number of rotatable bonds is 1. The summed E-state index contributed by atoms with van der Waals surface area (Å²) < 4.78 is 11.5. The molecule has 0 aromatic heterocycles. The van der Waals surface area contributed by atoms with E-state index in [9.17, 15) is 9.46 Å². The molecule has 0 aromatic rings. The second-order valence-electron chi connectivity index (χ2n) is 5.70. The molecule has 2 nitrogen and oxygen atoms in total. The summed E-state index contributed by atoms with van der Waals surface area (Å²) in [4.78, 5) is 11.2. The van der Waals surface area contributed by atoms with E-state index in [-0.39, 0.29) is 10.4 Å². The van der Waals surface area contributed by atoms with Crippen LogP contribution in [-0.2, 0) is 4.57 Å². The predicted molar refractivity (Wildman–Crippen MR) is 56.6 cm³/mol. The molecule has 0 aromatic carbocycles. The van der Waals surface area contributed by atoms with Crippen LogP contribution in [0.15, 0.2) is 0 Å². The molecule has 14 heavy (non-hydrogen) atoms. The van der Waals surface area contributed by atoms with Gasteiger partial charge in [0.15, 0.2) is 5.66 Å². The SMILES string of the molecule is CC1(C)C2CC([P+](=O)[O-])C3(C)SC13C2. The summed E-state index contributed by atoms with van der Waals surface area (Å²) >= 11 is 1.93. The summed E-state index contributed by atoms with van der Waals surface area (Å²) in [7, 11) is -2.23. The van der Waals surface area contributed by atoms with Crippen LogP contribution >= 0.6 is 19.8 Å². The van der Waals surface area contributed by atoms with Gasteiger partial charge in [-0.3, -0.25) is 0 Å². The minimum absolute atomic E-state index is 0.0421. The lowest BCUT2D eigenvalue weighted by molar-refractivity contribution is -0.170. The Morgan fingerprint density at radius 1 is 1.43 bits per heavy atom. The third-order valence-electron chi connectivity index (χ3n) is 5.14. The second-order valence-corrected chi connectivity index (χ2v) is 8.64. The molecule has 5 atom stereocenters. The van der Waals surface area contributed by atoms with Crippen LogP contribution in [0.3, 0.4) is 0 Å². The van der Waals surface area contributed by atoms with Crippen LogP contribution in [0.2, 0.25) is 0 Å². The summed E-state index contributed by atoms with van der Waals surface area (Å²) in [6.07, 6.45) is 2.15. The Morgan fingerprint density at radius 3 is 2.57 bits per heavy atom. The minimum atomic E-state index is -2.23. The predicted octanol–water partition coefficient (Wildman–Crippen LogP) is 2.15. The van der Waals surface area contributed by atoms with Gasteiger partial charge >= 0.3 is 8.03 Å². The van der Waals surface area contributed by atoms with Crippen LogP contribution in [0.5, 0.6) is 0 Å². The average molecular weight is 230 g/mol. The van der Waals surface area contributed by atoms with E-state index in [4.69, 9.17) is 0 Å². The third kappa shape index (κ3) is 0.719. The van der Waals surface area contributed by atoms with Crippen LogP contribution in [0.1, 0.15) is 33.6 Å². The first-order chi connectivity index (χ1) is 6.35. The highest BCUT2D eigenvalue weighted by Crippen LogP contribution is 2.88. The molecule has 1 heterocycles. The van der Waals surface area contributed by atoms with Gasteiger partial charge in [0.25, 0.3) is 0 Å². The molecular weight excluding hydrogens is 215 g/mol. The van der Waals surface area contributed by atoms with Crippen molar-refractivity contribution in [2.24, 2.45) is 11.3 Å². The Balaban J connectivity index is 2.00. The lowest BCUT2D eigenvalue weighted by Gasteiger charge is -2.58. The molecular formula is C10H15O2PS. The Bertz CT molecular complexity index is 343. The summed E-state index contributed by atoms with van der Waals surface area (Å²) in [6, 6.07) is 0. The molecule has 0 radical (unpaired) electrons. The maximum absolute atomic E-state index is 11.2. The van der Waals surface area contributed by atoms with E-state index in [1.165, 1.54) is 6.42 Å². The average Bonchev–Trinajstić information content (AvgIpc) is 2.72. The number of hydrogen-bond donors (Lipinski definition) is 0. The zero-order chi connectivity index (χ0) is 10.4. The van der Waals surface area contributed by atoms with Crippen LogP contribution in [0.4, 0.5) is 0 Å². The van der Waals surface area contributed by atoms with Crippen molar-refractivity contribution in [3.63, 3.8) is 0 Å². The molecule has 0 amide bonds. The zero-order valence-corrected chi connectivity index (χ0v) is 10.5. The Hall–Kier alpha value is 0.410. The van der Waals surface area contributed by atoms with Gasteiger partial charge < -0.3 is 4.89 Å². The van der Waals surface area contributed by atoms with Gasteiger partial charge in [0, 0.05) is 4.75 Å². The van der Waals surface area contributed by atoms with Crippen molar-refractivity contribution in [1.29, 1.82) is 0 Å². The number of thioether (sulfide) groups is 1. The Labute approximate surface area is 89.7 Å². The summed E-state index contributed by atoms with van der Waals surface area (Å²) in [5.41, 5.74) is 0.308. The van der Waals surface area contributed by atoms with E-state index in [1.54, 1.807) is 0 Å². The van der Waals surface area contributed by atoms with Gasteiger partial charge in [-0.15, -0.1) is 11.8 Å². The standard InChI is InChI=1S/C10H15O2PS/c1-8(2)6-4-7(13(11)12)9(3)10(8,5-6)14-9/h6-7H,4-5H2,1-3H3. The number of hydrogen-bond acceptors (Lipinski definition) is 3. The van der Waals surface area contributed by atoms with Crippen molar-refractivity contribution < 1.29 is 9.46 Å². The van der Waals surface area contributed by atoms with Gasteiger partial charge in [-0.25, -0.2) is 0 Å². The van der Waals surface area contributed by atoms with Crippen molar-refractivity contribution >= 4 is 19.8 Å². The van der Waals surface area contributed by atoms with E-state index >= 15 is 0 Å². The summed E-state index contributed by atoms with van der Waals surface area (Å²) in [5, 5.41) is 0. The van der Waals surface area contributed by atoms with Crippen molar-refractivity contribution in [2.75, 3.05) is 0 Å². The molecule has 3 saturated carbocycles. The Kier molecular flexibility index (Phi) is 1.54. The highest BCUT2D eigenvalue weighted by molar-refractivity contribution is 8.10. The second kappa shape index (κ2) is 2.23. The van der Waals surface area contributed by atoms with Gasteiger partial charge in [-0.05, 0) is 31.1 Å². The fourth-order valence-corrected chi connectivity index (χ4v) is 7.57. The first-order valence-electron chi connectivity index (χ1n) is 5.19. The molecule has 4 heteroatoms. The summed E-state index contributed by atoms with van der Waals surface area (Å²) in [6.45, 7) is 6.78. The van der Waals surface area contributed by atoms with Gasteiger partial charge in [-0.2, -0.15) is 0 Å². The van der Waals surface area contributed by atoms with Crippen molar-refractivity contribution in [3.05, 3.63) is 0 Å². The quantitative estimate of drug-likeness (QED) is 0.512. The molecule has 4 fully saturated rings. The van der Waals surface area contributed by atoms with Gasteiger partial charge in [0.2, 0.25) is 0 Å². The van der Waals surface area contributed by atoms with Crippen LogP contribution in [0, 0.1) is 11.3 Å². The van der Waals surface area contributed by atoms with Crippen molar-refractivity contribution in [3.8, 4) is 0 Å². The van der Waals surface area contributed by atoms with Crippen LogP contribution in [0.25, 0.3) is 0 Å². The molecule has 2 bridgehead atoms. The minimum Gasteiger partial charge on any atom is -0.595 e. The fourth-order valence-electron chi connectivity index (χ4n) is 3.91. The molecule has 1 saturated heterocycles. The van der Waals surface area contributed by atoms with Crippen molar-refractivity contribution in [1.82, 2.24) is 0 Å². The molecule has 3 aliphatic carbocycles. The lowest BCUT2D eigenvalue weighted by atomic mass is 9.46. The van der Waals surface area contributed by atoms with Crippen LogP contribution in [-0.4, -0.2) is 15.2 Å².